The van der Waals surface area contributed by atoms with Crippen molar-refractivity contribution >= 4 is 35.3 Å². The molecule has 1 aromatic heterocycles. The maximum absolute atomic E-state index is 10.8. The zero-order valence-corrected chi connectivity index (χ0v) is 9.25. The molecule has 0 aliphatic rings. The third-order valence-electron chi connectivity index (χ3n) is 1.34. The van der Waals surface area contributed by atoms with Gasteiger partial charge in [0.2, 0.25) is 0 Å². The predicted octanol–water partition coefficient (Wildman–Crippen LogP) is 1.00. The Bertz CT molecular complexity index is 315. The Morgan fingerprint density at radius 2 is 2.17 bits per heavy atom. The van der Waals surface area contributed by atoms with E-state index in [1.54, 1.807) is 6.07 Å². The van der Waals surface area contributed by atoms with Gasteiger partial charge in [0.15, 0.2) is 4.77 Å². The molecule has 12 heavy (non-hydrogen) atoms. The highest BCUT2D eigenvalue weighted by atomic mass is 32.1. The summed E-state index contributed by atoms with van der Waals surface area (Å²) in [5.74, 6) is 0. The molecule has 0 amide bonds. The summed E-state index contributed by atoms with van der Waals surface area (Å²) in [7, 11) is 0. The van der Waals surface area contributed by atoms with Crippen LogP contribution >= 0.6 is 12.2 Å². The van der Waals surface area contributed by atoms with Crippen molar-refractivity contribution in [2.45, 2.75) is 19.8 Å². The molecule has 1 aromatic rings. The molecule has 0 bridgehead atoms. The fourth-order valence-electron chi connectivity index (χ4n) is 0.923. The second kappa shape index (κ2) is 5.50. The summed E-state index contributed by atoms with van der Waals surface area (Å²) >= 11 is 4.79. The van der Waals surface area contributed by atoms with Crippen molar-refractivity contribution in [3.63, 3.8) is 0 Å². The molecule has 62 valence electrons. The number of aryl methyl sites for hydroxylation is 1. The van der Waals surface area contributed by atoms with Crippen LogP contribution in [0, 0.1) is 4.77 Å². The molecule has 0 aliphatic heterocycles. The maximum Gasteiger partial charge on any atom is 0.251 e. The standard InChI is InChI=1S/C7H10N2OS.Mg/c1-2-3-5-4-6(10)9-7(11)8-5;/h4H,2-3H2,1H3,(H2,8,9,10,11);. The minimum Gasteiger partial charge on any atom is -0.336 e. The SMILES string of the molecule is CCCc1cc(=O)[nH]c(=S)[nH]1.[Mg]. The minimum atomic E-state index is -0.128. The molecule has 5 heteroatoms. The van der Waals surface area contributed by atoms with E-state index in [4.69, 9.17) is 12.2 Å². The van der Waals surface area contributed by atoms with E-state index < -0.39 is 0 Å². The zero-order chi connectivity index (χ0) is 8.27. The number of aromatic nitrogens is 2. The smallest absolute Gasteiger partial charge is 0.251 e. The van der Waals surface area contributed by atoms with Gasteiger partial charge in [-0.15, -0.1) is 0 Å². The second-order valence-electron chi connectivity index (χ2n) is 2.36. The van der Waals surface area contributed by atoms with Crippen molar-refractivity contribution in [3.8, 4) is 0 Å². The van der Waals surface area contributed by atoms with Crippen LogP contribution in [0.2, 0.25) is 0 Å². The summed E-state index contributed by atoms with van der Waals surface area (Å²) in [6.45, 7) is 2.05. The molecular weight excluding hydrogens is 184 g/mol. The summed E-state index contributed by atoms with van der Waals surface area (Å²) in [6, 6.07) is 1.54. The lowest BCUT2D eigenvalue weighted by molar-refractivity contribution is 0.861. The number of hydrogen-bond donors (Lipinski definition) is 2. The first-order valence-corrected chi connectivity index (χ1v) is 3.95. The van der Waals surface area contributed by atoms with Gasteiger partial charge in [0.1, 0.15) is 0 Å². The van der Waals surface area contributed by atoms with E-state index in [1.165, 1.54) is 0 Å². The summed E-state index contributed by atoms with van der Waals surface area (Å²) in [4.78, 5) is 16.2. The monoisotopic (exact) mass is 194 g/mol. The van der Waals surface area contributed by atoms with Crippen LogP contribution in [-0.2, 0) is 6.42 Å². The van der Waals surface area contributed by atoms with E-state index in [2.05, 4.69) is 16.9 Å². The van der Waals surface area contributed by atoms with Crippen molar-refractivity contribution in [2.24, 2.45) is 0 Å². The van der Waals surface area contributed by atoms with Gasteiger partial charge in [0.05, 0.1) is 0 Å². The first-order chi connectivity index (χ1) is 5.22. The Kier molecular flexibility index (Phi) is 5.44. The van der Waals surface area contributed by atoms with Crippen LogP contribution in [-0.4, -0.2) is 33.0 Å². The molecule has 0 spiro atoms. The Labute approximate surface area is 91.8 Å². The third kappa shape index (κ3) is 3.51. The quantitative estimate of drug-likeness (QED) is 0.545. The molecule has 0 unspecified atom stereocenters. The van der Waals surface area contributed by atoms with Crippen LogP contribution in [0.1, 0.15) is 19.0 Å². The summed E-state index contributed by atoms with van der Waals surface area (Å²) < 4.78 is 0.404. The molecule has 0 fully saturated rings. The van der Waals surface area contributed by atoms with Gasteiger partial charge in [-0.05, 0) is 18.6 Å². The first kappa shape index (κ1) is 11.9. The van der Waals surface area contributed by atoms with Crippen LogP contribution < -0.4 is 5.56 Å². The molecule has 0 saturated carbocycles. The molecule has 3 nitrogen and oxygen atoms in total. The Morgan fingerprint density at radius 3 is 2.67 bits per heavy atom. The largest absolute Gasteiger partial charge is 0.336 e. The van der Waals surface area contributed by atoms with Crippen LogP contribution in [0.25, 0.3) is 0 Å². The highest BCUT2D eigenvalue weighted by Crippen LogP contribution is 1.93. The number of rotatable bonds is 2. The Morgan fingerprint density at radius 1 is 1.50 bits per heavy atom. The fraction of sp³-hybridized carbons (Fsp3) is 0.429. The van der Waals surface area contributed by atoms with Gasteiger partial charge in [0.25, 0.3) is 5.56 Å². The van der Waals surface area contributed by atoms with Crippen molar-refractivity contribution in [1.29, 1.82) is 0 Å². The molecular formula is C7H10MgN2OS. The summed E-state index contributed by atoms with van der Waals surface area (Å²) in [6.07, 6.45) is 1.88. The molecule has 2 N–H and O–H groups in total. The number of H-pyrrole nitrogens is 2. The molecule has 2 radical (unpaired) electrons. The van der Waals surface area contributed by atoms with E-state index in [1.807, 2.05) is 0 Å². The molecule has 1 rings (SSSR count). The van der Waals surface area contributed by atoms with Gasteiger partial charge < -0.3 is 4.98 Å². The lowest BCUT2D eigenvalue weighted by Gasteiger charge is -1.95. The molecule has 0 atom stereocenters. The van der Waals surface area contributed by atoms with Gasteiger partial charge in [-0.2, -0.15) is 0 Å². The van der Waals surface area contributed by atoms with Crippen LogP contribution in [0.3, 0.4) is 0 Å². The topological polar surface area (TPSA) is 48.6 Å². The molecule has 0 aliphatic carbocycles. The zero-order valence-electron chi connectivity index (χ0n) is 7.02. The van der Waals surface area contributed by atoms with Crippen LogP contribution in [0.5, 0.6) is 0 Å². The molecule has 0 aromatic carbocycles. The number of aromatic amines is 2. The van der Waals surface area contributed by atoms with Gasteiger partial charge in [0, 0.05) is 34.8 Å². The van der Waals surface area contributed by atoms with Crippen LogP contribution in [0.15, 0.2) is 10.9 Å². The molecule has 0 saturated heterocycles. The van der Waals surface area contributed by atoms with Crippen molar-refractivity contribution in [2.75, 3.05) is 0 Å². The predicted molar refractivity (Wildman–Crippen MR) is 52.0 cm³/mol. The lowest BCUT2D eigenvalue weighted by atomic mass is 10.2. The van der Waals surface area contributed by atoms with E-state index in [0.29, 0.717) is 4.77 Å². The Hall–Kier alpha value is -0.134. The van der Waals surface area contributed by atoms with Crippen molar-refractivity contribution in [1.82, 2.24) is 9.97 Å². The first-order valence-electron chi connectivity index (χ1n) is 3.55. The van der Waals surface area contributed by atoms with Gasteiger partial charge in [-0.25, -0.2) is 0 Å². The fourth-order valence-corrected chi connectivity index (χ4v) is 1.16. The summed E-state index contributed by atoms with van der Waals surface area (Å²) in [5.41, 5.74) is 0.776. The number of hydrogen-bond acceptors (Lipinski definition) is 2. The van der Waals surface area contributed by atoms with Gasteiger partial charge >= 0.3 is 0 Å². The van der Waals surface area contributed by atoms with E-state index in [9.17, 15) is 4.79 Å². The van der Waals surface area contributed by atoms with Crippen LogP contribution in [0.4, 0.5) is 0 Å². The highest BCUT2D eigenvalue weighted by Gasteiger charge is 1.91. The summed E-state index contributed by atoms with van der Waals surface area (Å²) in [5, 5.41) is 0. The lowest BCUT2D eigenvalue weighted by Crippen LogP contribution is -2.08. The Balaban J connectivity index is 0.00000121. The number of nitrogens with one attached hydrogen (secondary N) is 2. The van der Waals surface area contributed by atoms with Crippen molar-refractivity contribution in [3.05, 3.63) is 26.9 Å². The maximum atomic E-state index is 10.8. The third-order valence-corrected chi connectivity index (χ3v) is 1.54. The van der Waals surface area contributed by atoms with E-state index >= 15 is 0 Å². The van der Waals surface area contributed by atoms with E-state index in [-0.39, 0.29) is 28.6 Å². The van der Waals surface area contributed by atoms with Gasteiger partial charge in [-0.3, -0.25) is 9.78 Å². The van der Waals surface area contributed by atoms with Crippen molar-refractivity contribution < 1.29 is 0 Å². The molecule has 1 heterocycles. The van der Waals surface area contributed by atoms with Gasteiger partial charge in [-0.1, -0.05) is 13.3 Å². The average Bonchev–Trinajstić information content (AvgIpc) is 1.85. The normalized spacial score (nSPS) is 9.08. The minimum absolute atomic E-state index is 0. The second-order valence-corrected chi connectivity index (χ2v) is 2.77. The highest BCUT2D eigenvalue weighted by molar-refractivity contribution is 7.71. The average molecular weight is 195 g/mol. The van der Waals surface area contributed by atoms with E-state index in [0.717, 1.165) is 18.5 Å².